The van der Waals surface area contributed by atoms with Crippen molar-refractivity contribution < 1.29 is 9.18 Å². The van der Waals surface area contributed by atoms with Crippen LogP contribution in [0.15, 0.2) is 41.6 Å². The van der Waals surface area contributed by atoms with E-state index in [-0.39, 0.29) is 17.5 Å². The van der Waals surface area contributed by atoms with Crippen molar-refractivity contribution in [3.63, 3.8) is 0 Å². The van der Waals surface area contributed by atoms with Gasteiger partial charge in [-0.05, 0) is 49.2 Å². The quantitative estimate of drug-likeness (QED) is 0.681. The molecule has 1 fully saturated rings. The molecule has 6 nitrogen and oxygen atoms in total. The maximum absolute atomic E-state index is 13.1. The second kappa shape index (κ2) is 8.04. The van der Waals surface area contributed by atoms with Gasteiger partial charge in [0.25, 0.3) is 0 Å². The van der Waals surface area contributed by atoms with Gasteiger partial charge in [0, 0.05) is 11.6 Å². The molecule has 140 valence electrons. The molecule has 0 bridgehead atoms. The lowest BCUT2D eigenvalue weighted by molar-refractivity contribution is -0.119. The second-order valence-electron chi connectivity index (χ2n) is 6.67. The molecule has 1 saturated carbocycles. The third kappa shape index (κ3) is 4.27. The molecule has 1 aliphatic carbocycles. The van der Waals surface area contributed by atoms with E-state index in [0.29, 0.717) is 22.5 Å². The van der Waals surface area contributed by atoms with E-state index in [0.717, 1.165) is 18.4 Å². The molecule has 0 aliphatic heterocycles. The molecular weight excluding hydrogens is 365 g/mol. The minimum atomic E-state index is -0.288. The minimum Gasteiger partial charge on any atom is -0.353 e. The molecule has 27 heavy (non-hydrogen) atoms. The Morgan fingerprint density at radius 3 is 2.67 bits per heavy atom. The Balaban J connectivity index is 1.46. The maximum Gasteiger partial charge on any atom is 0.230 e. The zero-order valence-corrected chi connectivity index (χ0v) is 15.6. The average molecular weight is 385 g/mol. The number of fused-ring (bicyclic) bond motifs is 1. The van der Waals surface area contributed by atoms with Gasteiger partial charge in [-0.25, -0.2) is 4.39 Å². The Bertz CT molecular complexity index is 937. The first-order valence-electron chi connectivity index (χ1n) is 9.09. The van der Waals surface area contributed by atoms with Crippen molar-refractivity contribution in [1.29, 1.82) is 0 Å². The Labute approximate surface area is 160 Å². The number of amides is 1. The first-order chi connectivity index (χ1) is 13.2. The summed E-state index contributed by atoms with van der Waals surface area (Å²) in [5, 5.41) is 16.4. The predicted molar refractivity (Wildman–Crippen MR) is 102 cm³/mol. The van der Waals surface area contributed by atoms with Crippen LogP contribution in [-0.2, 0) is 4.79 Å². The Morgan fingerprint density at radius 2 is 1.89 bits per heavy atom. The summed E-state index contributed by atoms with van der Waals surface area (Å²) in [4.78, 5) is 12.2. The number of aromatic nitrogens is 4. The predicted octanol–water partition coefficient (Wildman–Crippen LogP) is 3.47. The summed E-state index contributed by atoms with van der Waals surface area (Å²) in [6.07, 6.45) is 5.75. The summed E-state index contributed by atoms with van der Waals surface area (Å²) < 4.78 is 14.7. The van der Waals surface area contributed by atoms with Crippen LogP contribution in [0.3, 0.4) is 0 Å². The highest BCUT2D eigenvalue weighted by molar-refractivity contribution is 7.99. The van der Waals surface area contributed by atoms with Crippen LogP contribution in [0.25, 0.3) is 16.9 Å². The van der Waals surface area contributed by atoms with Crippen LogP contribution in [-0.4, -0.2) is 37.5 Å². The fourth-order valence-electron chi connectivity index (χ4n) is 3.28. The van der Waals surface area contributed by atoms with Gasteiger partial charge in [0.1, 0.15) is 5.82 Å². The van der Waals surface area contributed by atoms with Crippen molar-refractivity contribution >= 4 is 23.3 Å². The summed E-state index contributed by atoms with van der Waals surface area (Å²) in [6.45, 7) is 0. The number of nitrogens with one attached hydrogen (secondary N) is 1. The molecule has 3 aromatic rings. The number of carbonyl (C=O) groups is 1. The first kappa shape index (κ1) is 17.9. The molecule has 0 spiro atoms. The number of rotatable bonds is 5. The van der Waals surface area contributed by atoms with E-state index in [2.05, 4.69) is 20.6 Å². The molecule has 0 atom stereocenters. The number of benzene rings is 1. The third-order valence-electron chi connectivity index (χ3n) is 4.68. The standard InChI is InChI=1S/C19H20FN5OS/c20-14-8-6-13(7-9-14)16-10-11-17-22-23-19(25(17)24-16)27-12-18(26)21-15-4-2-1-3-5-15/h6-11,15H,1-5,12H2,(H,21,26). The van der Waals surface area contributed by atoms with Crippen molar-refractivity contribution in [2.45, 2.75) is 43.3 Å². The van der Waals surface area contributed by atoms with E-state index in [1.807, 2.05) is 12.1 Å². The van der Waals surface area contributed by atoms with Gasteiger partial charge in [0.15, 0.2) is 5.65 Å². The third-order valence-corrected chi connectivity index (χ3v) is 5.60. The van der Waals surface area contributed by atoms with E-state index < -0.39 is 0 Å². The van der Waals surface area contributed by atoms with Crippen molar-refractivity contribution in [2.24, 2.45) is 0 Å². The fourth-order valence-corrected chi connectivity index (χ4v) is 3.98. The van der Waals surface area contributed by atoms with Crippen LogP contribution in [0.4, 0.5) is 4.39 Å². The van der Waals surface area contributed by atoms with Crippen molar-refractivity contribution in [3.8, 4) is 11.3 Å². The highest BCUT2D eigenvalue weighted by atomic mass is 32.2. The van der Waals surface area contributed by atoms with Gasteiger partial charge in [0.05, 0.1) is 11.4 Å². The van der Waals surface area contributed by atoms with Crippen LogP contribution in [0.1, 0.15) is 32.1 Å². The molecule has 2 aromatic heterocycles. The molecule has 0 saturated heterocycles. The van der Waals surface area contributed by atoms with Crippen LogP contribution in [0.5, 0.6) is 0 Å². The monoisotopic (exact) mass is 385 g/mol. The van der Waals surface area contributed by atoms with Crippen LogP contribution in [0.2, 0.25) is 0 Å². The molecule has 8 heteroatoms. The zero-order chi connectivity index (χ0) is 18.6. The molecule has 2 heterocycles. The molecule has 1 N–H and O–H groups in total. The lowest BCUT2D eigenvalue weighted by atomic mass is 9.95. The molecule has 4 rings (SSSR count). The number of hydrogen-bond acceptors (Lipinski definition) is 5. The summed E-state index contributed by atoms with van der Waals surface area (Å²) in [5.41, 5.74) is 2.10. The highest BCUT2D eigenvalue weighted by Gasteiger charge is 2.17. The largest absolute Gasteiger partial charge is 0.353 e. The van der Waals surface area contributed by atoms with Gasteiger partial charge in [0.2, 0.25) is 11.1 Å². The van der Waals surface area contributed by atoms with Crippen LogP contribution in [0, 0.1) is 5.82 Å². The average Bonchev–Trinajstić information content (AvgIpc) is 3.10. The molecule has 0 unspecified atom stereocenters. The van der Waals surface area contributed by atoms with Crippen LogP contribution >= 0.6 is 11.8 Å². The van der Waals surface area contributed by atoms with E-state index in [1.165, 1.54) is 43.2 Å². The van der Waals surface area contributed by atoms with E-state index in [1.54, 1.807) is 16.6 Å². The number of hydrogen-bond donors (Lipinski definition) is 1. The second-order valence-corrected chi connectivity index (χ2v) is 7.61. The first-order valence-corrected chi connectivity index (χ1v) is 10.1. The normalized spacial score (nSPS) is 15.1. The van der Waals surface area contributed by atoms with Crippen molar-refractivity contribution in [2.75, 3.05) is 5.75 Å². The van der Waals surface area contributed by atoms with Gasteiger partial charge < -0.3 is 5.32 Å². The van der Waals surface area contributed by atoms with Gasteiger partial charge >= 0.3 is 0 Å². The Kier molecular flexibility index (Phi) is 5.33. The number of carbonyl (C=O) groups excluding carboxylic acids is 1. The summed E-state index contributed by atoms with van der Waals surface area (Å²) in [5.74, 6) is 0.00224. The van der Waals surface area contributed by atoms with Gasteiger partial charge in [-0.1, -0.05) is 31.0 Å². The number of nitrogens with zero attached hydrogens (tertiary/aromatic N) is 4. The topological polar surface area (TPSA) is 72.2 Å². The maximum atomic E-state index is 13.1. The van der Waals surface area contributed by atoms with E-state index in [9.17, 15) is 9.18 Å². The molecule has 0 radical (unpaired) electrons. The van der Waals surface area contributed by atoms with Crippen LogP contribution < -0.4 is 5.32 Å². The zero-order valence-electron chi connectivity index (χ0n) is 14.8. The van der Waals surface area contributed by atoms with Gasteiger partial charge in [-0.3, -0.25) is 4.79 Å². The van der Waals surface area contributed by atoms with Gasteiger partial charge in [-0.15, -0.1) is 10.2 Å². The number of halogens is 1. The summed E-state index contributed by atoms with van der Waals surface area (Å²) in [6, 6.07) is 10.1. The van der Waals surface area contributed by atoms with Gasteiger partial charge in [-0.2, -0.15) is 9.61 Å². The lowest BCUT2D eigenvalue weighted by Gasteiger charge is -2.22. The Morgan fingerprint density at radius 1 is 1.11 bits per heavy atom. The SMILES string of the molecule is O=C(CSc1nnc2ccc(-c3ccc(F)cc3)nn12)NC1CCCCC1. The highest BCUT2D eigenvalue weighted by Crippen LogP contribution is 2.21. The molecule has 1 aromatic carbocycles. The van der Waals surface area contributed by atoms with E-state index in [4.69, 9.17) is 0 Å². The fraction of sp³-hybridized carbons (Fsp3) is 0.368. The Hall–Kier alpha value is -2.48. The summed E-state index contributed by atoms with van der Waals surface area (Å²) >= 11 is 1.31. The molecule has 1 aliphatic rings. The van der Waals surface area contributed by atoms with E-state index >= 15 is 0 Å². The molecule has 1 amide bonds. The lowest BCUT2D eigenvalue weighted by Crippen LogP contribution is -2.37. The van der Waals surface area contributed by atoms with Crippen molar-refractivity contribution in [3.05, 3.63) is 42.2 Å². The smallest absolute Gasteiger partial charge is 0.230 e. The number of thioether (sulfide) groups is 1. The van der Waals surface area contributed by atoms with Crippen molar-refractivity contribution in [1.82, 2.24) is 25.1 Å². The molecular formula is C19H20FN5OS. The minimum absolute atomic E-state index is 0.0124. The summed E-state index contributed by atoms with van der Waals surface area (Å²) in [7, 11) is 0.